The SMILES string of the molecule is CCCOCC[N+](CC)=C1C=CC(=C2C(=O)C(c3ccc(N(CC)CCOCOC)cc3)=C2O)C=C1. The molecule has 0 radical (unpaired) electrons. The van der Waals surface area contributed by atoms with Crippen molar-refractivity contribution in [2.24, 2.45) is 0 Å². The van der Waals surface area contributed by atoms with Gasteiger partial charge in [-0.25, -0.2) is 4.58 Å². The van der Waals surface area contributed by atoms with E-state index < -0.39 is 0 Å². The number of ether oxygens (including phenoxy) is 3. The molecule has 36 heavy (non-hydrogen) atoms. The Morgan fingerprint density at radius 2 is 1.64 bits per heavy atom. The van der Waals surface area contributed by atoms with Crippen LogP contribution in [-0.2, 0) is 19.0 Å². The molecule has 7 nitrogen and oxygen atoms in total. The standard InChI is InChI=1S/C29H38N2O5/c1-5-18-35-19-16-30(6-2)24-12-8-22(9-13-24)26-28(32)27(29(26)33)23-10-14-25(15-11-23)31(7-3)17-20-36-21-34-4/h8-15H,5-7,16-21H2,1-4H3/p+1. The Kier molecular flexibility index (Phi) is 10.7. The lowest BCUT2D eigenvalue weighted by Crippen LogP contribution is -2.27. The van der Waals surface area contributed by atoms with E-state index in [2.05, 4.69) is 30.2 Å². The van der Waals surface area contributed by atoms with Gasteiger partial charge in [-0.2, -0.15) is 0 Å². The highest BCUT2D eigenvalue weighted by molar-refractivity contribution is 6.39. The first kappa shape index (κ1) is 27.6. The van der Waals surface area contributed by atoms with E-state index in [4.69, 9.17) is 14.2 Å². The number of allylic oxidation sites excluding steroid dienone is 7. The number of aliphatic hydroxyl groups is 1. The summed E-state index contributed by atoms with van der Waals surface area (Å²) in [6.07, 6.45) is 8.81. The maximum Gasteiger partial charge on any atom is 0.201 e. The molecule has 3 rings (SSSR count). The highest BCUT2D eigenvalue weighted by atomic mass is 16.7. The Morgan fingerprint density at radius 3 is 2.22 bits per heavy atom. The number of carbonyl (C=O) groups excluding carboxylic acids is 1. The first-order valence-electron chi connectivity index (χ1n) is 12.8. The van der Waals surface area contributed by atoms with Gasteiger partial charge in [-0.1, -0.05) is 19.1 Å². The van der Waals surface area contributed by atoms with Crippen molar-refractivity contribution in [1.29, 1.82) is 0 Å². The molecule has 0 unspecified atom stereocenters. The molecule has 0 aromatic heterocycles. The lowest BCUT2D eigenvalue weighted by atomic mass is 9.80. The van der Waals surface area contributed by atoms with Crippen LogP contribution in [0.4, 0.5) is 5.69 Å². The summed E-state index contributed by atoms with van der Waals surface area (Å²) in [5.74, 6) is -0.0743. The third-order valence-electron chi connectivity index (χ3n) is 6.29. The van der Waals surface area contributed by atoms with Gasteiger partial charge in [-0.15, -0.1) is 0 Å². The van der Waals surface area contributed by atoms with Crippen molar-refractivity contribution in [3.8, 4) is 0 Å². The van der Waals surface area contributed by atoms with Crippen LogP contribution >= 0.6 is 0 Å². The summed E-state index contributed by atoms with van der Waals surface area (Å²) < 4.78 is 18.2. The number of ketones is 1. The second kappa shape index (κ2) is 13.9. The number of likely N-dealkylation sites (N-methyl/N-ethyl adjacent to an activating group) is 2. The zero-order valence-electron chi connectivity index (χ0n) is 22.0. The Hall–Kier alpha value is -3.00. The molecule has 1 aromatic rings. The Morgan fingerprint density at radius 1 is 0.917 bits per heavy atom. The van der Waals surface area contributed by atoms with Gasteiger partial charge in [0.25, 0.3) is 0 Å². The molecule has 7 heteroatoms. The van der Waals surface area contributed by atoms with Gasteiger partial charge in [0.2, 0.25) is 5.78 Å². The number of methoxy groups -OCH3 is 1. The van der Waals surface area contributed by atoms with Crippen LogP contribution in [-0.4, -0.2) is 81.1 Å². The maximum absolute atomic E-state index is 13.0. The molecule has 0 aliphatic heterocycles. The van der Waals surface area contributed by atoms with Gasteiger partial charge in [0.15, 0.2) is 12.3 Å². The van der Waals surface area contributed by atoms with Crippen LogP contribution in [0.25, 0.3) is 5.57 Å². The van der Waals surface area contributed by atoms with Gasteiger partial charge in [0, 0.05) is 44.6 Å². The Bertz CT molecular complexity index is 1050. The molecule has 1 N–H and O–H groups in total. The van der Waals surface area contributed by atoms with E-state index in [0.29, 0.717) is 24.4 Å². The third kappa shape index (κ3) is 6.60. The highest BCUT2D eigenvalue weighted by Gasteiger charge is 2.36. The monoisotopic (exact) mass is 495 g/mol. The second-order valence-electron chi connectivity index (χ2n) is 8.61. The topological polar surface area (TPSA) is 71.2 Å². The van der Waals surface area contributed by atoms with Crippen LogP contribution in [0.15, 0.2) is 65.5 Å². The zero-order valence-corrected chi connectivity index (χ0v) is 22.0. The van der Waals surface area contributed by atoms with Gasteiger partial charge >= 0.3 is 0 Å². The fourth-order valence-electron chi connectivity index (χ4n) is 4.29. The molecule has 2 aliphatic carbocycles. The van der Waals surface area contributed by atoms with Gasteiger partial charge in [0.1, 0.15) is 25.7 Å². The quantitative estimate of drug-likeness (QED) is 0.180. The number of aliphatic hydroxyl groups excluding tert-OH is 1. The van der Waals surface area contributed by atoms with E-state index in [1.165, 1.54) is 0 Å². The Balaban J connectivity index is 1.71. The largest absolute Gasteiger partial charge is 0.506 e. The average Bonchev–Trinajstić information content (AvgIpc) is 2.90. The number of Topliss-reactive ketones (excluding diaryl/α,β-unsaturated/α-hetero) is 1. The van der Waals surface area contributed by atoms with E-state index in [1.54, 1.807) is 7.11 Å². The minimum atomic E-state index is -0.131. The molecule has 1 aromatic carbocycles. The van der Waals surface area contributed by atoms with Crippen molar-refractivity contribution in [1.82, 2.24) is 0 Å². The smallest absolute Gasteiger partial charge is 0.201 e. The van der Waals surface area contributed by atoms with Crippen molar-refractivity contribution in [2.45, 2.75) is 27.2 Å². The molecule has 0 atom stereocenters. The van der Waals surface area contributed by atoms with Crippen LogP contribution in [0, 0.1) is 0 Å². The third-order valence-corrected chi connectivity index (χ3v) is 6.29. The average molecular weight is 496 g/mol. The lowest BCUT2D eigenvalue weighted by Gasteiger charge is -2.25. The molecule has 194 valence electrons. The molecule has 2 aliphatic rings. The number of carbonyl (C=O) groups is 1. The minimum Gasteiger partial charge on any atom is -0.506 e. The molecule has 0 fully saturated rings. The number of hydrogen-bond donors (Lipinski definition) is 1. The van der Waals surface area contributed by atoms with E-state index in [9.17, 15) is 9.90 Å². The summed E-state index contributed by atoms with van der Waals surface area (Å²) in [6, 6.07) is 7.71. The van der Waals surface area contributed by atoms with Gasteiger partial charge in [0.05, 0.1) is 17.8 Å². The first-order valence-corrected chi connectivity index (χ1v) is 12.8. The number of rotatable bonds is 14. The Labute approximate surface area is 214 Å². The number of hydrogen-bond acceptors (Lipinski definition) is 6. The molecule has 0 spiro atoms. The lowest BCUT2D eigenvalue weighted by molar-refractivity contribution is -0.525. The van der Waals surface area contributed by atoms with E-state index in [1.807, 2.05) is 48.6 Å². The molecule has 0 amide bonds. The number of benzene rings is 1. The number of nitrogens with zero attached hydrogens (tertiary/aromatic N) is 2. The predicted molar refractivity (Wildman–Crippen MR) is 144 cm³/mol. The second-order valence-corrected chi connectivity index (χ2v) is 8.61. The molecular formula is C29H39N2O5+. The summed E-state index contributed by atoms with van der Waals surface area (Å²) in [6.45, 7) is 11.8. The van der Waals surface area contributed by atoms with Crippen LogP contribution in [0.2, 0.25) is 0 Å². The van der Waals surface area contributed by atoms with Crippen molar-refractivity contribution in [3.63, 3.8) is 0 Å². The molecule has 0 heterocycles. The molecule has 0 saturated carbocycles. The fraction of sp³-hybridized carbons (Fsp3) is 0.448. The predicted octanol–water partition coefficient (Wildman–Crippen LogP) is 4.31. The van der Waals surface area contributed by atoms with Crippen molar-refractivity contribution in [2.75, 3.05) is 64.8 Å². The summed E-state index contributed by atoms with van der Waals surface area (Å²) in [7, 11) is 1.60. The molecule has 0 bridgehead atoms. The normalized spacial score (nSPS) is 15.1. The summed E-state index contributed by atoms with van der Waals surface area (Å²) >= 11 is 0. The van der Waals surface area contributed by atoms with Crippen LogP contribution in [0.3, 0.4) is 0 Å². The van der Waals surface area contributed by atoms with Crippen molar-refractivity contribution >= 4 is 22.8 Å². The van der Waals surface area contributed by atoms with Crippen molar-refractivity contribution in [3.05, 3.63) is 71.0 Å². The van der Waals surface area contributed by atoms with Crippen LogP contribution < -0.4 is 4.90 Å². The minimum absolute atomic E-state index is 0.0566. The van der Waals surface area contributed by atoms with E-state index in [-0.39, 0.29) is 18.3 Å². The fourth-order valence-corrected chi connectivity index (χ4v) is 4.29. The van der Waals surface area contributed by atoms with Gasteiger partial charge < -0.3 is 24.2 Å². The van der Waals surface area contributed by atoms with Crippen LogP contribution in [0.5, 0.6) is 0 Å². The van der Waals surface area contributed by atoms with Crippen molar-refractivity contribution < 1.29 is 28.7 Å². The highest BCUT2D eigenvalue weighted by Crippen LogP contribution is 2.39. The summed E-state index contributed by atoms with van der Waals surface area (Å²) in [5, 5.41) is 10.8. The van der Waals surface area contributed by atoms with E-state index in [0.717, 1.165) is 61.7 Å². The summed E-state index contributed by atoms with van der Waals surface area (Å²) in [5.41, 5.74) is 4.30. The van der Waals surface area contributed by atoms with E-state index >= 15 is 0 Å². The molecule has 0 saturated heterocycles. The van der Waals surface area contributed by atoms with Gasteiger partial charge in [-0.05, 0) is 55.7 Å². The summed E-state index contributed by atoms with van der Waals surface area (Å²) in [4.78, 5) is 15.2. The maximum atomic E-state index is 13.0. The molecular weight excluding hydrogens is 456 g/mol. The zero-order chi connectivity index (χ0) is 25.9. The number of anilines is 1. The van der Waals surface area contributed by atoms with Crippen LogP contribution in [0.1, 0.15) is 32.8 Å². The first-order chi connectivity index (χ1) is 17.5. The van der Waals surface area contributed by atoms with Gasteiger partial charge in [-0.3, -0.25) is 4.79 Å².